The van der Waals surface area contributed by atoms with Crippen LogP contribution in [0.25, 0.3) is 10.6 Å². The van der Waals surface area contributed by atoms with Crippen molar-refractivity contribution in [1.29, 1.82) is 0 Å². The van der Waals surface area contributed by atoms with Crippen LogP contribution < -0.4 is 5.32 Å². The van der Waals surface area contributed by atoms with Crippen molar-refractivity contribution in [1.82, 2.24) is 10.2 Å². The molecule has 5 heteroatoms. The molecule has 0 unspecified atom stereocenters. The Morgan fingerprint density at radius 2 is 1.90 bits per heavy atom. The minimum Gasteiger partial charge on any atom is -0.300 e. The normalized spacial score (nSPS) is 15.4. The first kappa shape index (κ1) is 13.2. The molecule has 3 rings (SSSR count). The Balaban J connectivity index is 1.70. The van der Waals surface area contributed by atoms with Crippen molar-refractivity contribution >= 4 is 22.4 Å². The fourth-order valence-electron chi connectivity index (χ4n) is 2.48. The zero-order valence-electron chi connectivity index (χ0n) is 11.4. The van der Waals surface area contributed by atoms with Gasteiger partial charge < -0.3 is 5.32 Å². The molecule has 2 aromatic rings. The largest absolute Gasteiger partial charge is 0.300 e. The van der Waals surface area contributed by atoms with E-state index in [-0.39, 0.29) is 11.8 Å². The van der Waals surface area contributed by atoms with Crippen LogP contribution >= 0.6 is 11.3 Å². The molecule has 0 bridgehead atoms. The van der Waals surface area contributed by atoms with Gasteiger partial charge in [-0.1, -0.05) is 54.0 Å². The summed E-state index contributed by atoms with van der Waals surface area (Å²) in [7, 11) is 0. The van der Waals surface area contributed by atoms with E-state index >= 15 is 0 Å². The molecule has 1 aromatic heterocycles. The third kappa shape index (κ3) is 2.88. The van der Waals surface area contributed by atoms with Crippen LogP contribution in [0.4, 0.5) is 5.13 Å². The Morgan fingerprint density at radius 1 is 1.20 bits per heavy atom. The van der Waals surface area contributed by atoms with E-state index in [2.05, 4.69) is 22.4 Å². The Labute approximate surface area is 122 Å². The Morgan fingerprint density at radius 3 is 2.60 bits per heavy atom. The number of carbonyl (C=O) groups is 1. The third-order valence-electron chi connectivity index (χ3n) is 3.68. The van der Waals surface area contributed by atoms with Crippen molar-refractivity contribution in [2.75, 3.05) is 5.32 Å². The first-order valence-corrected chi connectivity index (χ1v) is 7.75. The highest BCUT2D eigenvalue weighted by Crippen LogP contribution is 2.29. The Hall–Kier alpha value is -1.75. The van der Waals surface area contributed by atoms with Gasteiger partial charge in [-0.2, -0.15) is 0 Å². The SMILES string of the molecule is Cc1ccc(-c2nnc(NC(=O)C3CCCC3)s2)cc1. The predicted octanol–water partition coefficient (Wildman–Crippen LogP) is 3.64. The van der Waals surface area contributed by atoms with Gasteiger partial charge in [-0.25, -0.2) is 0 Å². The lowest BCUT2D eigenvalue weighted by molar-refractivity contribution is -0.119. The summed E-state index contributed by atoms with van der Waals surface area (Å²) in [4.78, 5) is 12.0. The van der Waals surface area contributed by atoms with E-state index in [0.29, 0.717) is 5.13 Å². The molecular formula is C15H17N3OS. The van der Waals surface area contributed by atoms with E-state index in [9.17, 15) is 4.79 Å². The van der Waals surface area contributed by atoms with E-state index in [1.54, 1.807) is 0 Å². The topological polar surface area (TPSA) is 54.9 Å². The lowest BCUT2D eigenvalue weighted by Gasteiger charge is -2.06. The molecule has 1 aromatic carbocycles. The standard InChI is InChI=1S/C15H17N3OS/c1-10-6-8-12(9-7-10)14-17-18-15(20-14)16-13(19)11-4-2-3-5-11/h6-9,11H,2-5H2,1H3,(H,16,18,19). The smallest absolute Gasteiger partial charge is 0.229 e. The quantitative estimate of drug-likeness (QED) is 0.937. The number of carbonyl (C=O) groups excluding carboxylic acids is 1. The first-order valence-electron chi connectivity index (χ1n) is 6.94. The van der Waals surface area contributed by atoms with Crippen molar-refractivity contribution in [3.63, 3.8) is 0 Å². The number of aromatic nitrogens is 2. The molecule has 1 amide bonds. The van der Waals surface area contributed by atoms with Crippen LogP contribution in [0.15, 0.2) is 24.3 Å². The minimum atomic E-state index is 0.0918. The number of hydrogen-bond acceptors (Lipinski definition) is 4. The Bertz CT molecular complexity index is 600. The van der Waals surface area contributed by atoms with Crippen molar-refractivity contribution in [3.8, 4) is 10.6 Å². The van der Waals surface area contributed by atoms with Crippen molar-refractivity contribution < 1.29 is 4.79 Å². The highest BCUT2D eigenvalue weighted by atomic mass is 32.1. The van der Waals surface area contributed by atoms with Gasteiger partial charge in [0.25, 0.3) is 0 Å². The third-order valence-corrected chi connectivity index (χ3v) is 4.57. The molecule has 20 heavy (non-hydrogen) atoms. The lowest BCUT2D eigenvalue weighted by atomic mass is 10.1. The number of benzene rings is 1. The van der Waals surface area contributed by atoms with Gasteiger partial charge in [-0.05, 0) is 19.8 Å². The second-order valence-electron chi connectivity index (χ2n) is 5.25. The van der Waals surface area contributed by atoms with Crippen LogP contribution in [0.5, 0.6) is 0 Å². The van der Waals surface area contributed by atoms with Crippen molar-refractivity contribution in [2.45, 2.75) is 32.6 Å². The molecule has 0 spiro atoms. The summed E-state index contributed by atoms with van der Waals surface area (Å²) in [5.41, 5.74) is 2.25. The summed E-state index contributed by atoms with van der Waals surface area (Å²) in [6, 6.07) is 8.15. The predicted molar refractivity (Wildman–Crippen MR) is 80.7 cm³/mol. The van der Waals surface area contributed by atoms with Crippen LogP contribution in [0.1, 0.15) is 31.2 Å². The van der Waals surface area contributed by atoms with Crippen LogP contribution in [-0.2, 0) is 4.79 Å². The van der Waals surface area contributed by atoms with Crippen molar-refractivity contribution in [2.24, 2.45) is 5.92 Å². The number of hydrogen-bond donors (Lipinski definition) is 1. The van der Waals surface area contributed by atoms with Gasteiger partial charge in [0.1, 0.15) is 5.01 Å². The minimum absolute atomic E-state index is 0.0918. The van der Waals surface area contributed by atoms with E-state index in [1.807, 2.05) is 24.3 Å². The van der Waals surface area contributed by atoms with Crippen LogP contribution in [0, 0.1) is 12.8 Å². The average molecular weight is 287 g/mol. The van der Waals surface area contributed by atoms with Gasteiger partial charge in [-0.3, -0.25) is 4.79 Å². The number of nitrogens with zero attached hydrogens (tertiary/aromatic N) is 2. The van der Waals surface area contributed by atoms with E-state index < -0.39 is 0 Å². The van der Waals surface area contributed by atoms with Gasteiger partial charge in [0.05, 0.1) is 0 Å². The van der Waals surface area contributed by atoms with Gasteiger partial charge >= 0.3 is 0 Å². The molecule has 1 saturated carbocycles. The number of rotatable bonds is 3. The summed E-state index contributed by atoms with van der Waals surface area (Å²) in [5.74, 6) is 0.246. The summed E-state index contributed by atoms with van der Waals surface area (Å²) >= 11 is 1.42. The number of amides is 1. The van der Waals surface area contributed by atoms with Gasteiger partial charge in [0.15, 0.2) is 0 Å². The molecule has 1 heterocycles. The molecule has 1 aliphatic carbocycles. The summed E-state index contributed by atoms with van der Waals surface area (Å²) in [5, 5.41) is 12.5. The molecular weight excluding hydrogens is 270 g/mol. The Kier molecular flexibility index (Phi) is 3.78. The zero-order valence-corrected chi connectivity index (χ0v) is 12.2. The number of anilines is 1. The molecule has 104 valence electrons. The maximum Gasteiger partial charge on any atom is 0.229 e. The first-order chi connectivity index (χ1) is 9.72. The van der Waals surface area contributed by atoms with E-state index in [4.69, 9.17) is 0 Å². The molecule has 0 atom stereocenters. The van der Waals surface area contributed by atoms with Crippen molar-refractivity contribution in [3.05, 3.63) is 29.8 Å². The van der Waals surface area contributed by atoms with Crippen LogP contribution in [-0.4, -0.2) is 16.1 Å². The maximum atomic E-state index is 12.0. The second-order valence-corrected chi connectivity index (χ2v) is 6.23. The number of nitrogens with one attached hydrogen (secondary N) is 1. The van der Waals surface area contributed by atoms with E-state index in [1.165, 1.54) is 16.9 Å². The van der Waals surface area contributed by atoms with Gasteiger partial charge in [0.2, 0.25) is 11.0 Å². The van der Waals surface area contributed by atoms with Gasteiger partial charge in [-0.15, -0.1) is 10.2 Å². The second kappa shape index (κ2) is 5.71. The molecule has 0 aliphatic heterocycles. The summed E-state index contributed by atoms with van der Waals surface area (Å²) in [6.07, 6.45) is 4.30. The monoisotopic (exact) mass is 287 g/mol. The summed E-state index contributed by atoms with van der Waals surface area (Å²) < 4.78 is 0. The molecule has 0 saturated heterocycles. The zero-order chi connectivity index (χ0) is 13.9. The summed E-state index contributed by atoms with van der Waals surface area (Å²) in [6.45, 7) is 2.05. The fourth-order valence-corrected chi connectivity index (χ4v) is 3.23. The van der Waals surface area contributed by atoms with E-state index in [0.717, 1.165) is 36.3 Å². The highest BCUT2D eigenvalue weighted by Gasteiger charge is 2.23. The molecule has 1 aliphatic rings. The average Bonchev–Trinajstić information content (AvgIpc) is 3.10. The maximum absolute atomic E-state index is 12.0. The molecule has 1 N–H and O–H groups in total. The number of aryl methyl sites for hydroxylation is 1. The fraction of sp³-hybridized carbons (Fsp3) is 0.400. The van der Waals surface area contributed by atoms with Gasteiger partial charge in [0, 0.05) is 11.5 Å². The molecule has 4 nitrogen and oxygen atoms in total. The highest BCUT2D eigenvalue weighted by molar-refractivity contribution is 7.18. The van der Waals surface area contributed by atoms with Crippen LogP contribution in [0.3, 0.4) is 0 Å². The lowest BCUT2D eigenvalue weighted by Crippen LogP contribution is -2.20. The molecule has 1 fully saturated rings. The van der Waals surface area contributed by atoms with Crippen LogP contribution in [0.2, 0.25) is 0 Å². The molecule has 0 radical (unpaired) electrons.